The van der Waals surface area contributed by atoms with Crippen LogP contribution >= 0.6 is 0 Å². The Morgan fingerprint density at radius 1 is 1.19 bits per heavy atom. The number of carbonyl (C=O) groups is 2. The summed E-state index contributed by atoms with van der Waals surface area (Å²) in [5.74, 6) is 0.704. The summed E-state index contributed by atoms with van der Waals surface area (Å²) >= 11 is 0. The summed E-state index contributed by atoms with van der Waals surface area (Å²) in [6.07, 6.45) is 7.00. The minimum absolute atomic E-state index is 0.0124. The zero-order valence-corrected chi connectivity index (χ0v) is 15.0. The van der Waals surface area contributed by atoms with Crippen LogP contribution in [0.25, 0.3) is 6.08 Å². The number of aliphatic hydroxyl groups excluding tert-OH is 1. The van der Waals surface area contributed by atoms with E-state index in [9.17, 15) is 14.7 Å². The van der Waals surface area contributed by atoms with Gasteiger partial charge in [-0.3, -0.25) is 9.59 Å². The van der Waals surface area contributed by atoms with E-state index in [4.69, 9.17) is 0 Å². The van der Waals surface area contributed by atoms with E-state index in [1.807, 2.05) is 46.2 Å². The number of carbonyl (C=O) groups excluding carboxylic acids is 2. The highest BCUT2D eigenvalue weighted by Gasteiger charge is 2.49. The van der Waals surface area contributed by atoms with Crippen molar-refractivity contribution in [2.45, 2.75) is 37.8 Å². The number of amides is 2. The zero-order valence-electron chi connectivity index (χ0n) is 15.0. The molecule has 0 radical (unpaired) electrons. The second-order valence-corrected chi connectivity index (χ2v) is 7.75. The van der Waals surface area contributed by atoms with Crippen molar-refractivity contribution in [1.29, 1.82) is 0 Å². The molecule has 2 bridgehead atoms. The standard InChI is InChI=1S/C21H26N2O3/c24-14-19-17-11-16(18-7-4-8-21(26)23(18)19)12-22(13-17)20(25)10-9-15-5-2-1-3-6-15/h1-3,5-6,9-10,16-19,24H,4,7-8,11-14H2/b10-9+/t16-,17+,18+,19+/m1/s1. The highest BCUT2D eigenvalue weighted by molar-refractivity contribution is 5.92. The lowest BCUT2D eigenvalue weighted by molar-refractivity contribution is -0.157. The van der Waals surface area contributed by atoms with Crippen molar-refractivity contribution in [3.05, 3.63) is 42.0 Å². The number of piperidine rings is 3. The summed E-state index contributed by atoms with van der Waals surface area (Å²) < 4.78 is 0. The molecule has 1 aromatic carbocycles. The average Bonchev–Trinajstić information content (AvgIpc) is 2.68. The summed E-state index contributed by atoms with van der Waals surface area (Å²) in [4.78, 5) is 29.0. The first-order valence-corrected chi connectivity index (χ1v) is 9.61. The van der Waals surface area contributed by atoms with Crippen LogP contribution in [0.1, 0.15) is 31.2 Å². The van der Waals surface area contributed by atoms with Crippen LogP contribution in [0.3, 0.4) is 0 Å². The third-order valence-electron chi connectivity index (χ3n) is 6.21. The van der Waals surface area contributed by atoms with Crippen LogP contribution in [0, 0.1) is 11.8 Å². The number of aliphatic hydroxyl groups is 1. The van der Waals surface area contributed by atoms with E-state index in [1.165, 1.54) is 0 Å². The van der Waals surface area contributed by atoms with E-state index in [0.717, 1.165) is 24.8 Å². The van der Waals surface area contributed by atoms with E-state index in [0.29, 0.717) is 25.4 Å². The molecule has 3 heterocycles. The number of fused-ring (bicyclic) bond motifs is 4. The molecule has 0 spiro atoms. The topological polar surface area (TPSA) is 60.9 Å². The van der Waals surface area contributed by atoms with Crippen molar-refractivity contribution in [3.63, 3.8) is 0 Å². The molecule has 138 valence electrons. The summed E-state index contributed by atoms with van der Waals surface area (Å²) in [6.45, 7) is 1.32. The van der Waals surface area contributed by atoms with Gasteiger partial charge in [0, 0.05) is 31.6 Å². The summed E-state index contributed by atoms with van der Waals surface area (Å²) in [7, 11) is 0. The fourth-order valence-electron chi connectivity index (χ4n) is 5.03. The van der Waals surface area contributed by atoms with Gasteiger partial charge in [-0.15, -0.1) is 0 Å². The molecule has 2 amide bonds. The van der Waals surface area contributed by atoms with Crippen LogP contribution in [0.2, 0.25) is 0 Å². The molecule has 0 aromatic heterocycles. The number of rotatable bonds is 3. The number of hydrogen-bond acceptors (Lipinski definition) is 3. The normalized spacial score (nSPS) is 31.2. The molecule has 4 atom stereocenters. The first-order chi connectivity index (χ1) is 12.7. The Hall–Kier alpha value is -2.14. The van der Waals surface area contributed by atoms with Gasteiger partial charge in [-0.25, -0.2) is 0 Å². The molecule has 3 fully saturated rings. The van der Waals surface area contributed by atoms with Crippen molar-refractivity contribution in [3.8, 4) is 0 Å². The quantitative estimate of drug-likeness (QED) is 0.844. The predicted molar refractivity (Wildman–Crippen MR) is 99.0 cm³/mol. The van der Waals surface area contributed by atoms with Gasteiger partial charge < -0.3 is 14.9 Å². The maximum absolute atomic E-state index is 12.7. The second-order valence-electron chi connectivity index (χ2n) is 7.75. The molecule has 0 unspecified atom stereocenters. The Kier molecular flexibility index (Phi) is 4.81. The Bertz CT molecular complexity index is 688. The second kappa shape index (κ2) is 7.23. The molecule has 1 N–H and O–H groups in total. The molecule has 5 heteroatoms. The lowest BCUT2D eigenvalue weighted by atomic mass is 9.72. The van der Waals surface area contributed by atoms with Crippen molar-refractivity contribution in [2.75, 3.05) is 19.7 Å². The van der Waals surface area contributed by atoms with E-state index < -0.39 is 0 Å². The number of benzene rings is 1. The number of likely N-dealkylation sites (tertiary alicyclic amines) is 1. The smallest absolute Gasteiger partial charge is 0.246 e. The molecule has 26 heavy (non-hydrogen) atoms. The van der Waals surface area contributed by atoms with E-state index in [1.54, 1.807) is 6.08 Å². The maximum atomic E-state index is 12.7. The minimum Gasteiger partial charge on any atom is -0.394 e. The first-order valence-electron chi connectivity index (χ1n) is 9.61. The minimum atomic E-state index is -0.141. The van der Waals surface area contributed by atoms with Gasteiger partial charge >= 0.3 is 0 Å². The van der Waals surface area contributed by atoms with Gasteiger partial charge in [0.25, 0.3) is 0 Å². The Morgan fingerprint density at radius 3 is 2.73 bits per heavy atom. The van der Waals surface area contributed by atoms with E-state index >= 15 is 0 Å². The average molecular weight is 354 g/mol. The van der Waals surface area contributed by atoms with Crippen LogP contribution in [0.5, 0.6) is 0 Å². The molecule has 3 aliphatic rings. The molecule has 0 aliphatic carbocycles. The van der Waals surface area contributed by atoms with E-state index in [2.05, 4.69) is 0 Å². The molecular formula is C21H26N2O3. The zero-order chi connectivity index (χ0) is 18.1. The van der Waals surface area contributed by atoms with Gasteiger partial charge in [0.1, 0.15) is 0 Å². The summed E-state index contributed by atoms with van der Waals surface area (Å²) in [6, 6.07) is 9.85. The van der Waals surface area contributed by atoms with Crippen molar-refractivity contribution >= 4 is 17.9 Å². The maximum Gasteiger partial charge on any atom is 0.246 e. The van der Waals surface area contributed by atoms with Gasteiger partial charge in [0.2, 0.25) is 11.8 Å². The van der Waals surface area contributed by atoms with Gasteiger partial charge in [-0.05, 0) is 42.7 Å². The highest BCUT2D eigenvalue weighted by atomic mass is 16.3. The third-order valence-corrected chi connectivity index (χ3v) is 6.21. The molecule has 3 aliphatic heterocycles. The molecule has 4 rings (SSSR count). The van der Waals surface area contributed by atoms with E-state index in [-0.39, 0.29) is 36.4 Å². The van der Waals surface area contributed by atoms with Crippen LogP contribution in [0.15, 0.2) is 36.4 Å². The highest BCUT2D eigenvalue weighted by Crippen LogP contribution is 2.41. The van der Waals surface area contributed by atoms with Gasteiger partial charge in [-0.1, -0.05) is 30.3 Å². The predicted octanol–water partition coefficient (Wildman–Crippen LogP) is 1.92. The monoisotopic (exact) mass is 354 g/mol. The van der Waals surface area contributed by atoms with Gasteiger partial charge in [-0.2, -0.15) is 0 Å². The fourth-order valence-corrected chi connectivity index (χ4v) is 5.03. The lowest BCUT2D eigenvalue weighted by Gasteiger charge is -2.56. The fraction of sp³-hybridized carbons (Fsp3) is 0.524. The molecule has 1 aromatic rings. The lowest BCUT2D eigenvalue weighted by Crippen LogP contribution is -2.66. The Labute approximate surface area is 154 Å². The molecule has 5 nitrogen and oxygen atoms in total. The van der Waals surface area contributed by atoms with Crippen LogP contribution in [-0.2, 0) is 9.59 Å². The number of nitrogens with zero attached hydrogens (tertiary/aromatic N) is 2. The van der Waals surface area contributed by atoms with Crippen molar-refractivity contribution in [1.82, 2.24) is 9.80 Å². The summed E-state index contributed by atoms with van der Waals surface area (Å²) in [5, 5.41) is 9.93. The van der Waals surface area contributed by atoms with Gasteiger partial charge in [0.05, 0.1) is 12.6 Å². The van der Waals surface area contributed by atoms with Crippen LogP contribution in [0.4, 0.5) is 0 Å². The largest absolute Gasteiger partial charge is 0.394 e. The third kappa shape index (κ3) is 3.16. The molecule has 0 saturated carbocycles. The Balaban J connectivity index is 1.50. The van der Waals surface area contributed by atoms with Crippen molar-refractivity contribution in [2.24, 2.45) is 11.8 Å². The van der Waals surface area contributed by atoms with Crippen LogP contribution in [-0.4, -0.2) is 58.5 Å². The van der Waals surface area contributed by atoms with Crippen molar-refractivity contribution < 1.29 is 14.7 Å². The first kappa shape index (κ1) is 17.3. The number of hydrogen-bond donors (Lipinski definition) is 1. The SMILES string of the molecule is O=C(/C=C/c1ccccc1)N1C[C@H]2C[C@@H](C1)[C@H](CO)N1C(=O)CCC[C@@H]21. The molecule has 3 saturated heterocycles. The Morgan fingerprint density at radius 2 is 1.96 bits per heavy atom. The van der Waals surface area contributed by atoms with Crippen LogP contribution < -0.4 is 0 Å². The summed E-state index contributed by atoms with van der Waals surface area (Å²) in [5.41, 5.74) is 1.01. The molecular weight excluding hydrogens is 328 g/mol. The van der Waals surface area contributed by atoms with Gasteiger partial charge in [0.15, 0.2) is 0 Å².